The van der Waals surface area contributed by atoms with Crippen molar-refractivity contribution in [1.29, 1.82) is 0 Å². The topological polar surface area (TPSA) is 45.7 Å². The number of piperidine rings is 1. The van der Waals surface area contributed by atoms with E-state index in [0.717, 1.165) is 31.7 Å². The van der Waals surface area contributed by atoms with Crippen LogP contribution in [0.5, 0.6) is 0 Å². The Kier molecular flexibility index (Phi) is 4.94. The van der Waals surface area contributed by atoms with Crippen LogP contribution in [0.25, 0.3) is 0 Å². The molecule has 1 aromatic rings. The molecule has 0 aromatic carbocycles. The summed E-state index contributed by atoms with van der Waals surface area (Å²) in [4.78, 5) is 20.6. The van der Waals surface area contributed by atoms with E-state index in [1.165, 1.54) is 5.56 Å². The van der Waals surface area contributed by atoms with Gasteiger partial charge in [0.05, 0.1) is 0 Å². The quantitative estimate of drug-likeness (QED) is 0.841. The molecule has 0 spiro atoms. The lowest BCUT2D eigenvalue weighted by atomic mass is 10.0. The number of aromatic nitrogens is 1. The Labute approximate surface area is 133 Å². The number of hydrogen-bond acceptors (Lipinski definition) is 4. The van der Waals surface area contributed by atoms with Gasteiger partial charge in [0, 0.05) is 32.4 Å². The third-order valence-corrected chi connectivity index (χ3v) is 3.92. The Morgan fingerprint density at radius 3 is 2.55 bits per heavy atom. The van der Waals surface area contributed by atoms with E-state index in [1.807, 2.05) is 40.1 Å². The van der Waals surface area contributed by atoms with E-state index < -0.39 is 5.60 Å². The standard InChI is InChI=1S/C17H27N3O2/c1-13-6-9-18-15(12-13)20-10-7-14(8-11-20)19(5)16(21)22-17(2,3)4/h6,9,12,14H,7-8,10-11H2,1-5H3. The van der Waals surface area contributed by atoms with Gasteiger partial charge in [0.15, 0.2) is 0 Å². The largest absolute Gasteiger partial charge is 0.444 e. The van der Waals surface area contributed by atoms with Crippen molar-refractivity contribution in [2.24, 2.45) is 0 Å². The zero-order valence-electron chi connectivity index (χ0n) is 14.3. The molecule has 1 aliphatic heterocycles. The first kappa shape index (κ1) is 16.6. The number of nitrogens with zero attached hydrogens (tertiary/aromatic N) is 3. The highest BCUT2D eigenvalue weighted by molar-refractivity contribution is 5.68. The molecule has 1 saturated heterocycles. The maximum Gasteiger partial charge on any atom is 0.410 e. The van der Waals surface area contributed by atoms with Crippen molar-refractivity contribution in [3.8, 4) is 0 Å². The van der Waals surface area contributed by atoms with E-state index in [-0.39, 0.29) is 12.1 Å². The molecule has 122 valence electrons. The molecular formula is C17H27N3O2. The summed E-state index contributed by atoms with van der Waals surface area (Å²) in [7, 11) is 1.83. The number of pyridine rings is 1. The van der Waals surface area contributed by atoms with E-state index in [0.29, 0.717) is 0 Å². The highest BCUT2D eigenvalue weighted by Crippen LogP contribution is 2.22. The molecule has 22 heavy (non-hydrogen) atoms. The molecule has 5 nitrogen and oxygen atoms in total. The molecule has 0 N–H and O–H groups in total. The summed E-state index contributed by atoms with van der Waals surface area (Å²) in [5, 5.41) is 0. The number of anilines is 1. The molecule has 2 heterocycles. The van der Waals surface area contributed by atoms with Gasteiger partial charge in [-0.05, 0) is 58.2 Å². The molecule has 0 aliphatic carbocycles. The SMILES string of the molecule is Cc1ccnc(N2CCC(N(C)C(=O)OC(C)(C)C)CC2)c1. The van der Waals surface area contributed by atoms with Crippen molar-refractivity contribution in [2.45, 2.75) is 52.2 Å². The molecule has 1 aromatic heterocycles. The molecular weight excluding hydrogens is 278 g/mol. The zero-order valence-corrected chi connectivity index (χ0v) is 14.3. The smallest absolute Gasteiger partial charge is 0.410 e. The summed E-state index contributed by atoms with van der Waals surface area (Å²) in [5.41, 5.74) is 0.773. The summed E-state index contributed by atoms with van der Waals surface area (Å²) in [6.07, 6.45) is 3.49. The lowest BCUT2D eigenvalue weighted by Gasteiger charge is -2.37. The van der Waals surface area contributed by atoms with Crippen molar-refractivity contribution < 1.29 is 9.53 Å². The van der Waals surface area contributed by atoms with Crippen molar-refractivity contribution in [2.75, 3.05) is 25.0 Å². The number of carbonyl (C=O) groups is 1. The second kappa shape index (κ2) is 6.55. The number of aryl methyl sites for hydroxylation is 1. The molecule has 0 atom stereocenters. The number of hydrogen-bond donors (Lipinski definition) is 0. The lowest BCUT2D eigenvalue weighted by Crippen LogP contribution is -2.47. The Morgan fingerprint density at radius 1 is 1.36 bits per heavy atom. The van der Waals surface area contributed by atoms with Crippen molar-refractivity contribution in [3.63, 3.8) is 0 Å². The summed E-state index contributed by atoms with van der Waals surface area (Å²) < 4.78 is 5.44. The summed E-state index contributed by atoms with van der Waals surface area (Å²) >= 11 is 0. The summed E-state index contributed by atoms with van der Waals surface area (Å²) in [5.74, 6) is 1.03. The fourth-order valence-corrected chi connectivity index (χ4v) is 2.66. The molecule has 1 fully saturated rings. The maximum absolute atomic E-state index is 12.1. The second-order valence-corrected chi connectivity index (χ2v) is 7.00. The minimum atomic E-state index is -0.447. The highest BCUT2D eigenvalue weighted by Gasteiger charge is 2.28. The van der Waals surface area contributed by atoms with Gasteiger partial charge in [-0.1, -0.05) is 0 Å². The van der Waals surface area contributed by atoms with Crippen molar-refractivity contribution >= 4 is 11.9 Å². The molecule has 1 amide bonds. The van der Waals surface area contributed by atoms with Crippen LogP contribution in [0.3, 0.4) is 0 Å². The van der Waals surface area contributed by atoms with E-state index in [9.17, 15) is 4.79 Å². The van der Waals surface area contributed by atoms with E-state index >= 15 is 0 Å². The van der Waals surface area contributed by atoms with Crippen molar-refractivity contribution in [1.82, 2.24) is 9.88 Å². The van der Waals surface area contributed by atoms with E-state index in [4.69, 9.17) is 4.74 Å². The molecule has 0 saturated carbocycles. The van der Waals surface area contributed by atoms with Crippen LogP contribution in [-0.2, 0) is 4.74 Å². The maximum atomic E-state index is 12.1. The van der Waals surface area contributed by atoms with E-state index in [2.05, 4.69) is 22.9 Å². The molecule has 0 radical (unpaired) electrons. The highest BCUT2D eigenvalue weighted by atomic mass is 16.6. The van der Waals surface area contributed by atoms with Gasteiger partial charge >= 0.3 is 6.09 Å². The average Bonchev–Trinajstić information content (AvgIpc) is 2.45. The van der Waals surface area contributed by atoms with Crippen molar-refractivity contribution in [3.05, 3.63) is 23.9 Å². The van der Waals surface area contributed by atoms with Gasteiger partial charge in [-0.3, -0.25) is 0 Å². The predicted molar refractivity (Wildman–Crippen MR) is 88.2 cm³/mol. The Bertz CT molecular complexity index is 517. The monoisotopic (exact) mass is 305 g/mol. The Balaban J connectivity index is 1.90. The third-order valence-electron chi connectivity index (χ3n) is 3.92. The number of carbonyl (C=O) groups excluding carboxylic acids is 1. The van der Waals surface area contributed by atoms with Gasteiger partial charge in [-0.15, -0.1) is 0 Å². The van der Waals surface area contributed by atoms with Gasteiger partial charge in [0.1, 0.15) is 11.4 Å². The normalized spacial score (nSPS) is 16.5. The Morgan fingerprint density at radius 2 is 2.00 bits per heavy atom. The van der Waals surface area contributed by atoms with Crippen LogP contribution in [0.2, 0.25) is 0 Å². The Hall–Kier alpha value is -1.78. The molecule has 0 bridgehead atoms. The van der Waals surface area contributed by atoms with Crippen LogP contribution in [0.15, 0.2) is 18.3 Å². The van der Waals surface area contributed by atoms with Crippen LogP contribution in [0.1, 0.15) is 39.2 Å². The summed E-state index contributed by atoms with van der Waals surface area (Å²) in [6, 6.07) is 4.35. The first-order chi connectivity index (χ1) is 10.3. The molecule has 0 unspecified atom stereocenters. The first-order valence-electron chi connectivity index (χ1n) is 7.90. The minimum Gasteiger partial charge on any atom is -0.444 e. The predicted octanol–water partition coefficient (Wildman–Crippen LogP) is 3.23. The summed E-state index contributed by atoms with van der Waals surface area (Å²) in [6.45, 7) is 9.58. The van der Waals surface area contributed by atoms with Gasteiger partial charge in [0.25, 0.3) is 0 Å². The van der Waals surface area contributed by atoms with Crippen LogP contribution in [0, 0.1) is 6.92 Å². The minimum absolute atomic E-state index is 0.232. The van der Waals surface area contributed by atoms with Crippen LogP contribution >= 0.6 is 0 Å². The number of ether oxygens (including phenoxy) is 1. The van der Waals surface area contributed by atoms with E-state index in [1.54, 1.807) is 4.90 Å². The fourth-order valence-electron chi connectivity index (χ4n) is 2.66. The van der Waals surface area contributed by atoms with Gasteiger partial charge in [-0.2, -0.15) is 0 Å². The van der Waals surface area contributed by atoms with Crippen LogP contribution < -0.4 is 4.90 Å². The van der Waals surface area contributed by atoms with Gasteiger partial charge < -0.3 is 14.5 Å². The molecule has 1 aliphatic rings. The third kappa shape index (κ3) is 4.36. The zero-order chi connectivity index (χ0) is 16.3. The molecule has 2 rings (SSSR count). The second-order valence-electron chi connectivity index (χ2n) is 7.00. The number of rotatable bonds is 2. The van der Waals surface area contributed by atoms with Gasteiger partial charge in [0.2, 0.25) is 0 Å². The van der Waals surface area contributed by atoms with Gasteiger partial charge in [-0.25, -0.2) is 9.78 Å². The first-order valence-corrected chi connectivity index (χ1v) is 7.90. The lowest BCUT2D eigenvalue weighted by molar-refractivity contribution is 0.0201. The number of amides is 1. The molecule has 5 heteroatoms. The van der Waals surface area contributed by atoms with Crippen LogP contribution in [0.4, 0.5) is 10.6 Å². The fraction of sp³-hybridized carbons (Fsp3) is 0.647. The van der Waals surface area contributed by atoms with Crippen LogP contribution in [-0.4, -0.2) is 47.8 Å². The average molecular weight is 305 g/mol.